The van der Waals surface area contributed by atoms with Crippen LogP contribution in [0.1, 0.15) is 54.1 Å². The number of hydrogen-bond acceptors (Lipinski definition) is 4. The van der Waals surface area contributed by atoms with E-state index in [9.17, 15) is 4.79 Å². The number of aryl methyl sites for hydroxylation is 2. The van der Waals surface area contributed by atoms with Crippen molar-refractivity contribution in [3.63, 3.8) is 0 Å². The fourth-order valence-corrected chi connectivity index (χ4v) is 2.06. The number of hydrogen-bond donors (Lipinski definition) is 1. The molecular weight excluding hydrogens is 254 g/mol. The maximum absolute atomic E-state index is 12.4. The first-order valence-corrected chi connectivity index (χ1v) is 6.76. The van der Waals surface area contributed by atoms with Crippen LogP contribution in [0.2, 0.25) is 0 Å². The lowest BCUT2D eigenvalue weighted by atomic mass is 10.0. The monoisotopic (exact) mass is 273 g/mol. The fraction of sp³-hybridized carbons (Fsp3) is 0.400. The Bertz CT molecular complexity index is 617. The molecule has 0 bridgehead atoms. The van der Waals surface area contributed by atoms with Gasteiger partial charge in [0.05, 0.1) is 5.69 Å². The van der Waals surface area contributed by atoms with Crippen molar-refractivity contribution >= 4 is 11.7 Å². The van der Waals surface area contributed by atoms with Crippen molar-refractivity contribution in [2.75, 3.05) is 5.32 Å². The molecule has 2 rings (SSSR count). The van der Waals surface area contributed by atoms with Crippen molar-refractivity contribution in [2.24, 2.45) is 0 Å². The molecule has 0 atom stereocenters. The summed E-state index contributed by atoms with van der Waals surface area (Å²) in [6, 6.07) is 3.81. The van der Waals surface area contributed by atoms with Crippen LogP contribution in [0.5, 0.6) is 0 Å². The van der Waals surface area contributed by atoms with E-state index in [4.69, 9.17) is 4.52 Å². The second-order valence-electron chi connectivity index (χ2n) is 4.98. The topological polar surface area (TPSA) is 68.0 Å². The molecule has 1 amide bonds. The second-order valence-corrected chi connectivity index (χ2v) is 4.98. The third kappa shape index (κ3) is 2.71. The van der Waals surface area contributed by atoms with Crippen molar-refractivity contribution in [3.05, 3.63) is 40.9 Å². The highest BCUT2D eigenvalue weighted by atomic mass is 16.5. The third-order valence-electron chi connectivity index (χ3n) is 3.14. The maximum atomic E-state index is 12.4. The molecule has 0 fully saturated rings. The van der Waals surface area contributed by atoms with Crippen LogP contribution in [-0.2, 0) is 6.42 Å². The fourth-order valence-electron chi connectivity index (χ4n) is 2.06. The largest absolute Gasteiger partial charge is 0.360 e. The van der Waals surface area contributed by atoms with E-state index < -0.39 is 0 Å². The van der Waals surface area contributed by atoms with Gasteiger partial charge < -0.3 is 9.84 Å². The summed E-state index contributed by atoms with van der Waals surface area (Å²) in [5.41, 5.74) is 2.11. The lowest BCUT2D eigenvalue weighted by Gasteiger charge is -2.09. The molecular formula is C15H19N3O2. The highest BCUT2D eigenvalue weighted by Gasteiger charge is 2.23. The molecule has 106 valence electrons. The first kappa shape index (κ1) is 14.2. The lowest BCUT2D eigenvalue weighted by Crippen LogP contribution is -2.16. The van der Waals surface area contributed by atoms with Gasteiger partial charge in [0, 0.05) is 12.1 Å². The Kier molecular flexibility index (Phi) is 4.17. The average Bonchev–Trinajstić information content (AvgIpc) is 2.81. The minimum absolute atomic E-state index is 0.103. The Balaban J connectivity index is 2.31. The van der Waals surface area contributed by atoms with Crippen LogP contribution < -0.4 is 5.32 Å². The summed E-state index contributed by atoms with van der Waals surface area (Å²) in [6.45, 7) is 7.73. The van der Waals surface area contributed by atoms with Crippen LogP contribution in [0.15, 0.2) is 22.9 Å². The molecule has 0 aromatic carbocycles. The zero-order chi connectivity index (χ0) is 14.7. The minimum atomic E-state index is -0.221. The molecule has 2 aromatic rings. The van der Waals surface area contributed by atoms with E-state index in [0.717, 1.165) is 12.0 Å². The molecule has 0 aliphatic carbocycles. The van der Waals surface area contributed by atoms with E-state index in [1.807, 2.05) is 32.9 Å². The maximum Gasteiger partial charge on any atom is 0.262 e. The number of amides is 1. The summed E-state index contributed by atoms with van der Waals surface area (Å²) >= 11 is 0. The van der Waals surface area contributed by atoms with Crippen LogP contribution >= 0.6 is 0 Å². The van der Waals surface area contributed by atoms with Crippen LogP contribution in [0.4, 0.5) is 5.82 Å². The van der Waals surface area contributed by atoms with Gasteiger partial charge in [-0.25, -0.2) is 4.98 Å². The Labute approximate surface area is 118 Å². The van der Waals surface area contributed by atoms with Crippen molar-refractivity contribution in [1.82, 2.24) is 10.1 Å². The standard InChI is InChI=1S/C15H19N3O2/c1-5-11-7-6-8-16-14(11)17-15(19)12-10(4)18-20-13(12)9(2)3/h6-9H,5H2,1-4H3,(H,16,17,19). The van der Waals surface area contributed by atoms with E-state index in [1.54, 1.807) is 13.1 Å². The van der Waals surface area contributed by atoms with Crippen LogP contribution in [0, 0.1) is 6.92 Å². The zero-order valence-corrected chi connectivity index (χ0v) is 12.2. The van der Waals surface area contributed by atoms with Crippen molar-refractivity contribution in [1.29, 1.82) is 0 Å². The normalized spacial score (nSPS) is 10.8. The van der Waals surface area contributed by atoms with E-state index >= 15 is 0 Å². The zero-order valence-electron chi connectivity index (χ0n) is 12.2. The molecule has 2 aromatic heterocycles. The predicted molar refractivity (Wildman–Crippen MR) is 76.9 cm³/mol. The molecule has 0 saturated carbocycles. The van der Waals surface area contributed by atoms with Gasteiger partial charge in [-0.2, -0.15) is 0 Å². The van der Waals surface area contributed by atoms with E-state index in [-0.39, 0.29) is 11.8 Å². The van der Waals surface area contributed by atoms with E-state index in [2.05, 4.69) is 15.5 Å². The Morgan fingerprint density at radius 2 is 2.20 bits per heavy atom. The number of nitrogens with zero attached hydrogens (tertiary/aromatic N) is 2. The van der Waals surface area contributed by atoms with E-state index in [1.165, 1.54) is 0 Å². The lowest BCUT2D eigenvalue weighted by molar-refractivity contribution is 0.102. The highest BCUT2D eigenvalue weighted by Crippen LogP contribution is 2.23. The van der Waals surface area contributed by atoms with Gasteiger partial charge in [0.2, 0.25) is 0 Å². The molecule has 0 unspecified atom stereocenters. The first-order valence-electron chi connectivity index (χ1n) is 6.76. The van der Waals surface area contributed by atoms with Crippen molar-refractivity contribution in [2.45, 2.75) is 40.0 Å². The molecule has 5 heteroatoms. The Hall–Kier alpha value is -2.17. The number of aromatic nitrogens is 2. The Morgan fingerprint density at radius 1 is 1.45 bits per heavy atom. The van der Waals surface area contributed by atoms with Gasteiger partial charge in [0.15, 0.2) is 5.76 Å². The van der Waals surface area contributed by atoms with Gasteiger partial charge in [-0.3, -0.25) is 4.79 Å². The number of rotatable bonds is 4. The van der Waals surface area contributed by atoms with Gasteiger partial charge in [0.25, 0.3) is 5.91 Å². The summed E-state index contributed by atoms with van der Waals surface area (Å²) in [5, 5.41) is 6.74. The number of nitrogens with one attached hydrogen (secondary N) is 1. The van der Waals surface area contributed by atoms with Gasteiger partial charge in [0.1, 0.15) is 11.4 Å². The summed E-state index contributed by atoms with van der Waals surface area (Å²) < 4.78 is 5.24. The molecule has 0 aliphatic rings. The van der Waals surface area contributed by atoms with Crippen LogP contribution in [0.25, 0.3) is 0 Å². The highest BCUT2D eigenvalue weighted by molar-refractivity contribution is 6.05. The van der Waals surface area contributed by atoms with Crippen molar-refractivity contribution in [3.8, 4) is 0 Å². The quantitative estimate of drug-likeness (QED) is 0.927. The first-order chi connectivity index (χ1) is 9.54. The van der Waals surface area contributed by atoms with E-state index in [0.29, 0.717) is 22.8 Å². The van der Waals surface area contributed by atoms with Gasteiger partial charge in [-0.05, 0) is 25.0 Å². The number of carbonyl (C=O) groups excluding carboxylic acids is 1. The molecule has 20 heavy (non-hydrogen) atoms. The predicted octanol–water partition coefficient (Wildman–Crippen LogP) is 3.32. The van der Waals surface area contributed by atoms with Crippen LogP contribution in [-0.4, -0.2) is 16.0 Å². The van der Waals surface area contributed by atoms with Gasteiger partial charge in [-0.1, -0.05) is 32.0 Å². The molecule has 0 aliphatic heterocycles. The summed E-state index contributed by atoms with van der Waals surface area (Å²) in [4.78, 5) is 16.7. The summed E-state index contributed by atoms with van der Waals surface area (Å²) in [5.74, 6) is 1.08. The average molecular weight is 273 g/mol. The number of anilines is 1. The second kappa shape index (κ2) is 5.86. The SMILES string of the molecule is CCc1cccnc1NC(=O)c1c(C)noc1C(C)C. The molecule has 1 N–H and O–H groups in total. The minimum Gasteiger partial charge on any atom is -0.360 e. The molecule has 5 nitrogen and oxygen atoms in total. The molecule has 2 heterocycles. The molecule has 0 saturated heterocycles. The number of carbonyl (C=O) groups is 1. The third-order valence-corrected chi connectivity index (χ3v) is 3.14. The summed E-state index contributed by atoms with van der Waals surface area (Å²) in [7, 11) is 0. The molecule has 0 radical (unpaired) electrons. The van der Waals surface area contributed by atoms with Crippen LogP contribution in [0.3, 0.4) is 0 Å². The smallest absolute Gasteiger partial charge is 0.262 e. The molecule has 0 spiro atoms. The number of pyridine rings is 1. The van der Waals surface area contributed by atoms with Crippen molar-refractivity contribution < 1.29 is 9.32 Å². The van der Waals surface area contributed by atoms with Gasteiger partial charge >= 0.3 is 0 Å². The van der Waals surface area contributed by atoms with Gasteiger partial charge in [-0.15, -0.1) is 0 Å². The Morgan fingerprint density at radius 3 is 2.85 bits per heavy atom. The summed E-state index contributed by atoms with van der Waals surface area (Å²) in [6.07, 6.45) is 2.47.